The van der Waals surface area contributed by atoms with Crippen LogP contribution in [0.25, 0.3) is 0 Å². The van der Waals surface area contributed by atoms with E-state index in [1.165, 1.54) is 5.56 Å². The summed E-state index contributed by atoms with van der Waals surface area (Å²) in [5.41, 5.74) is 3.21. The number of para-hydroxylation sites is 1. The highest BCUT2D eigenvalue weighted by molar-refractivity contribution is 5.51. The number of anilines is 1. The zero-order chi connectivity index (χ0) is 14.9. The molecule has 1 heterocycles. The Morgan fingerprint density at radius 1 is 1.33 bits per heavy atom. The summed E-state index contributed by atoms with van der Waals surface area (Å²) in [5.74, 6) is 0. The number of aromatic nitrogens is 3. The third-order valence-corrected chi connectivity index (χ3v) is 3.18. The van der Waals surface area contributed by atoms with E-state index in [9.17, 15) is 0 Å². The number of hydrogen-bond acceptors (Lipinski definition) is 5. The van der Waals surface area contributed by atoms with E-state index in [4.69, 9.17) is 9.84 Å². The van der Waals surface area contributed by atoms with Crippen LogP contribution in [0, 0.1) is 0 Å². The lowest BCUT2D eigenvalue weighted by Crippen LogP contribution is -2.04. The van der Waals surface area contributed by atoms with E-state index in [0.29, 0.717) is 26.1 Å². The first-order valence-corrected chi connectivity index (χ1v) is 7.14. The van der Waals surface area contributed by atoms with Crippen LogP contribution in [0.4, 0.5) is 5.69 Å². The summed E-state index contributed by atoms with van der Waals surface area (Å²) >= 11 is 0. The van der Waals surface area contributed by atoms with Crippen molar-refractivity contribution < 1.29 is 9.84 Å². The Balaban J connectivity index is 1.91. The van der Waals surface area contributed by atoms with Crippen LogP contribution in [0.3, 0.4) is 0 Å². The minimum Gasteiger partial charge on any atom is -0.396 e. The fourth-order valence-corrected chi connectivity index (χ4v) is 2.07. The van der Waals surface area contributed by atoms with Crippen molar-refractivity contribution in [2.45, 2.75) is 25.9 Å². The van der Waals surface area contributed by atoms with E-state index in [1.807, 2.05) is 18.3 Å². The molecule has 2 rings (SSSR count). The molecule has 0 amide bonds. The molecule has 0 saturated heterocycles. The van der Waals surface area contributed by atoms with Crippen molar-refractivity contribution in [3.8, 4) is 0 Å². The van der Waals surface area contributed by atoms with Gasteiger partial charge in [-0.25, -0.2) is 0 Å². The largest absolute Gasteiger partial charge is 0.396 e. The number of aryl methyl sites for hydroxylation is 1. The van der Waals surface area contributed by atoms with E-state index in [2.05, 4.69) is 27.8 Å². The second-order valence-corrected chi connectivity index (χ2v) is 4.80. The third kappa shape index (κ3) is 4.84. The zero-order valence-electron chi connectivity index (χ0n) is 12.3. The fourth-order valence-electron chi connectivity index (χ4n) is 2.07. The van der Waals surface area contributed by atoms with Gasteiger partial charge in [0.05, 0.1) is 19.3 Å². The normalized spacial score (nSPS) is 10.8. The smallest absolute Gasteiger partial charge is 0.102 e. The molecular weight excluding hydrogens is 268 g/mol. The minimum absolute atomic E-state index is 0.167. The van der Waals surface area contributed by atoms with Gasteiger partial charge in [0.25, 0.3) is 0 Å². The molecule has 0 radical (unpaired) electrons. The van der Waals surface area contributed by atoms with Crippen molar-refractivity contribution in [3.63, 3.8) is 0 Å². The van der Waals surface area contributed by atoms with Crippen LogP contribution in [-0.4, -0.2) is 40.4 Å². The number of aliphatic hydroxyl groups excluding tert-OH is 1. The Kier molecular flexibility index (Phi) is 6.18. The van der Waals surface area contributed by atoms with Crippen molar-refractivity contribution >= 4 is 5.69 Å². The maximum Gasteiger partial charge on any atom is 0.102 e. The van der Waals surface area contributed by atoms with Gasteiger partial charge in [0, 0.05) is 25.9 Å². The van der Waals surface area contributed by atoms with Gasteiger partial charge < -0.3 is 15.2 Å². The Morgan fingerprint density at radius 3 is 3.00 bits per heavy atom. The molecule has 0 aliphatic heterocycles. The third-order valence-electron chi connectivity index (χ3n) is 3.18. The van der Waals surface area contributed by atoms with Gasteiger partial charge in [-0.1, -0.05) is 23.4 Å². The molecule has 114 valence electrons. The van der Waals surface area contributed by atoms with Crippen LogP contribution < -0.4 is 5.32 Å². The molecule has 0 aliphatic rings. The predicted octanol–water partition coefficient (Wildman–Crippen LogP) is 1.46. The van der Waals surface area contributed by atoms with Crippen molar-refractivity contribution in [3.05, 3.63) is 41.7 Å². The van der Waals surface area contributed by atoms with Crippen molar-refractivity contribution in [1.82, 2.24) is 15.0 Å². The molecule has 0 fully saturated rings. The highest BCUT2D eigenvalue weighted by Gasteiger charge is 2.04. The second-order valence-electron chi connectivity index (χ2n) is 4.80. The van der Waals surface area contributed by atoms with Crippen LogP contribution in [0.2, 0.25) is 0 Å². The highest BCUT2D eigenvalue weighted by Crippen LogP contribution is 2.16. The van der Waals surface area contributed by atoms with Gasteiger partial charge in [-0.05, 0) is 24.5 Å². The van der Waals surface area contributed by atoms with Crippen LogP contribution >= 0.6 is 0 Å². The van der Waals surface area contributed by atoms with Gasteiger partial charge in [-0.2, -0.15) is 0 Å². The van der Waals surface area contributed by atoms with Gasteiger partial charge in [-0.3, -0.25) is 4.68 Å². The molecule has 0 bridgehead atoms. The average molecular weight is 290 g/mol. The van der Waals surface area contributed by atoms with Gasteiger partial charge in [-0.15, -0.1) is 5.10 Å². The SMILES string of the molecule is COCCc1ccccc1NCc1cn(CCCO)nn1. The molecule has 6 nitrogen and oxygen atoms in total. The summed E-state index contributed by atoms with van der Waals surface area (Å²) < 4.78 is 6.88. The van der Waals surface area contributed by atoms with Crippen LogP contribution in [0.5, 0.6) is 0 Å². The number of ether oxygens (including phenoxy) is 1. The monoisotopic (exact) mass is 290 g/mol. The van der Waals surface area contributed by atoms with E-state index in [-0.39, 0.29) is 6.61 Å². The van der Waals surface area contributed by atoms with Gasteiger partial charge in [0.15, 0.2) is 0 Å². The molecule has 0 spiro atoms. The summed E-state index contributed by atoms with van der Waals surface area (Å²) in [7, 11) is 1.71. The van der Waals surface area contributed by atoms with Crippen molar-refractivity contribution in [1.29, 1.82) is 0 Å². The summed E-state index contributed by atoms with van der Waals surface area (Å²) in [6.45, 7) is 2.19. The Bertz CT molecular complexity index is 542. The van der Waals surface area contributed by atoms with Crippen molar-refractivity contribution in [2.75, 3.05) is 25.6 Å². The molecule has 0 aliphatic carbocycles. The zero-order valence-corrected chi connectivity index (χ0v) is 12.3. The lowest BCUT2D eigenvalue weighted by molar-refractivity contribution is 0.202. The van der Waals surface area contributed by atoms with E-state index >= 15 is 0 Å². The number of rotatable bonds is 9. The second kappa shape index (κ2) is 8.39. The van der Waals surface area contributed by atoms with E-state index < -0.39 is 0 Å². The Labute approximate surface area is 124 Å². The summed E-state index contributed by atoms with van der Waals surface area (Å²) in [4.78, 5) is 0. The number of aliphatic hydroxyl groups is 1. The van der Waals surface area contributed by atoms with Gasteiger partial charge >= 0.3 is 0 Å². The summed E-state index contributed by atoms with van der Waals surface area (Å²) in [5, 5.41) is 20.3. The van der Waals surface area contributed by atoms with Gasteiger partial charge in [0.1, 0.15) is 5.69 Å². The molecule has 1 aromatic heterocycles. The number of hydrogen-bond donors (Lipinski definition) is 2. The molecule has 21 heavy (non-hydrogen) atoms. The Morgan fingerprint density at radius 2 is 2.19 bits per heavy atom. The van der Waals surface area contributed by atoms with Crippen molar-refractivity contribution in [2.24, 2.45) is 0 Å². The molecular formula is C15H22N4O2. The first-order valence-electron chi connectivity index (χ1n) is 7.14. The highest BCUT2D eigenvalue weighted by atomic mass is 16.5. The molecule has 6 heteroatoms. The lowest BCUT2D eigenvalue weighted by atomic mass is 10.1. The van der Waals surface area contributed by atoms with Gasteiger partial charge in [0.2, 0.25) is 0 Å². The summed E-state index contributed by atoms with van der Waals surface area (Å²) in [6, 6.07) is 8.19. The first-order chi connectivity index (χ1) is 10.3. The number of nitrogens with one attached hydrogen (secondary N) is 1. The molecule has 0 atom stereocenters. The quantitative estimate of drug-likeness (QED) is 0.731. The minimum atomic E-state index is 0.167. The first kappa shape index (κ1) is 15.5. The molecule has 0 saturated carbocycles. The lowest BCUT2D eigenvalue weighted by Gasteiger charge is -2.10. The summed E-state index contributed by atoms with van der Waals surface area (Å²) in [6.07, 6.45) is 3.47. The maximum absolute atomic E-state index is 8.80. The molecule has 2 aromatic rings. The van der Waals surface area contributed by atoms with Crippen LogP contribution in [0.15, 0.2) is 30.5 Å². The van der Waals surface area contributed by atoms with Crippen LogP contribution in [-0.2, 0) is 24.2 Å². The fraction of sp³-hybridized carbons (Fsp3) is 0.467. The van der Waals surface area contributed by atoms with Crippen LogP contribution in [0.1, 0.15) is 17.7 Å². The van der Waals surface area contributed by atoms with E-state index in [0.717, 1.165) is 17.8 Å². The number of benzene rings is 1. The standard InChI is InChI=1S/C15H22N4O2/c1-21-10-7-13-5-2-3-6-15(13)16-11-14-12-19(18-17-14)8-4-9-20/h2-3,5-6,12,16,20H,4,7-11H2,1H3. The Hall–Kier alpha value is -1.92. The molecule has 2 N–H and O–H groups in total. The number of nitrogens with zero attached hydrogens (tertiary/aromatic N) is 3. The predicted molar refractivity (Wildman–Crippen MR) is 81.1 cm³/mol. The number of methoxy groups -OCH3 is 1. The average Bonchev–Trinajstić information content (AvgIpc) is 2.97. The maximum atomic E-state index is 8.80. The molecule has 1 aromatic carbocycles. The van der Waals surface area contributed by atoms with E-state index in [1.54, 1.807) is 11.8 Å². The topological polar surface area (TPSA) is 72.2 Å². The molecule has 0 unspecified atom stereocenters.